The fourth-order valence-corrected chi connectivity index (χ4v) is 3.24. The SMILES string of the molecule is CSCCCNC(=NCc1nnc(C)n1C)NCCC1=CCCCC1. The maximum Gasteiger partial charge on any atom is 0.191 e. The minimum absolute atomic E-state index is 0.540. The molecule has 6 nitrogen and oxygen atoms in total. The van der Waals surface area contributed by atoms with Crippen LogP contribution >= 0.6 is 11.8 Å². The van der Waals surface area contributed by atoms with Gasteiger partial charge in [-0.2, -0.15) is 11.8 Å². The Kier molecular flexibility index (Phi) is 8.86. The maximum atomic E-state index is 4.69. The van der Waals surface area contributed by atoms with Gasteiger partial charge in [0, 0.05) is 20.1 Å². The number of allylic oxidation sites excluding steroid dienone is 1. The highest BCUT2D eigenvalue weighted by molar-refractivity contribution is 7.98. The Morgan fingerprint density at radius 3 is 2.80 bits per heavy atom. The van der Waals surface area contributed by atoms with Crippen molar-refractivity contribution >= 4 is 17.7 Å². The number of hydrogen-bond donors (Lipinski definition) is 2. The molecule has 0 aliphatic heterocycles. The lowest BCUT2D eigenvalue weighted by atomic mass is 9.97. The summed E-state index contributed by atoms with van der Waals surface area (Å²) >= 11 is 1.88. The van der Waals surface area contributed by atoms with Crippen LogP contribution in [0, 0.1) is 6.92 Å². The summed E-state index contributed by atoms with van der Waals surface area (Å²) in [5, 5.41) is 15.2. The third-order valence-electron chi connectivity index (χ3n) is 4.50. The predicted molar refractivity (Wildman–Crippen MR) is 107 cm³/mol. The van der Waals surface area contributed by atoms with E-state index in [9.17, 15) is 0 Å². The fraction of sp³-hybridized carbons (Fsp3) is 0.722. The van der Waals surface area contributed by atoms with Gasteiger partial charge in [0.2, 0.25) is 0 Å². The summed E-state index contributed by atoms with van der Waals surface area (Å²) in [6, 6.07) is 0. The zero-order valence-corrected chi connectivity index (χ0v) is 16.7. The smallest absolute Gasteiger partial charge is 0.191 e. The lowest BCUT2D eigenvalue weighted by Gasteiger charge is -2.15. The van der Waals surface area contributed by atoms with Crippen LogP contribution < -0.4 is 10.6 Å². The van der Waals surface area contributed by atoms with E-state index < -0.39 is 0 Å². The van der Waals surface area contributed by atoms with E-state index in [0.29, 0.717) is 6.54 Å². The molecule has 0 saturated carbocycles. The molecule has 0 amide bonds. The van der Waals surface area contributed by atoms with Gasteiger partial charge < -0.3 is 15.2 Å². The van der Waals surface area contributed by atoms with Crippen LogP contribution in [0.3, 0.4) is 0 Å². The molecular weight excluding hydrogens is 332 g/mol. The molecule has 2 N–H and O–H groups in total. The third kappa shape index (κ3) is 7.10. The van der Waals surface area contributed by atoms with Gasteiger partial charge in [-0.3, -0.25) is 0 Å². The van der Waals surface area contributed by atoms with Crippen LogP contribution in [0.1, 0.15) is 50.2 Å². The van der Waals surface area contributed by atoms with Gasteiger partial charge in [0.05, 0.1) is 0 Å². The highest BCUT2D eigenvalue weighted by Crippen LogP contribution is 2.19. The van der Waals surface area contributed by atoms with E-state index in [-0.39, 0.29) is 0 Å². The quantitative estimate of drug-likeness (QED) is 0.305. The first-order valence-electron chi connectivity index (χ1n) is 9.24. The monoisotopic (exact) mass is 364 g/mol. The van der Waals surface area contributed by atoms with E-state index in [1.54, 1.807) is 5.57 Å². The summed E-state index contributed by atoms with van der Waals surface area (Å²) < 4.78 is 1.99. The number of hydrogen-bond acceptors (Lipinski definition) is 4. The molecule has 2 rings (SSSR count). The summed E-state index contributed by atoms with van der Waals surface area (Å²) in [5.41, 5.74) is 1.59. The number of aliphatic imine (C=N–C) groups is 1. The van der Waals surface area contributed by atoms with Gasteiger partial charge in [0.1, 0.15) is 12.4 Å². The Hall–Kier alpha value is -1.50. The molecule has 0 fully saturated rings. The minimum atomic E-state index is 0.540. The van der Waals surface area contributed by atoms with Gasteiger partial charge >= 0.3 is 0 Å². The number of nitrogens with zero attached hydrogens (tertiary/aromatic N) is 4. The van der Waals surface area contributed by atoms with Crippen molar-refractivity contribution in [1.29, 1.82) is 0 Å². The van der Waals surface area contributed by atoms with Gasteiger partial charge in [0.25, 0.3) is 0 Å². The third-order valence-corrected chi connectivity index (χ3v) is 5.20. The van der Waals surface area contributed by atoms with E-state index >= 15 is 0 Å². The first-order valence-corrected chi connectivity index (χ1v) is 10.6. The molecule has 1 aromatic rings. The Morgan fingerprint density at radius 2 is 2.12 bits per heavy atom. The highest BCUT2D eigenvalue weighted by Gasteiger charge is 2.06. The zero-order chi connectivity index (χ0) is 17.9. The van der Waals surface area contributed by atoms with E-state index in [1.807, 2.05) is 30.3 Å². The van der Waals surface area contributed by atoms with Gasteiger partial charge in [-0.15, -0.1) is 10.2 Å². The van der Waals surface area contributed by atoms with E-state index in [0.717, 1.165) is 49.3 Å². The molecule has 0 bridgehead atoms. The normalized spacial score (nSPS) is 15.2. The predicted octanol–water partition coefficient (Wildman–Crippen LogP) is 2.80. The highest BCUT2D eigenvalue weighted by atomic mass is 32.2. The molecule has 0 unspecified atom stereocenters. The van der Waals surface area contributed by atoms with Crippen LogP contribution in [-0.4, -0.2) is 45.8 Å². The van der Waals surface area contributed by atoms with Crippen molar-refractivity contribution in [3.63, 3.8) is 0 Å². The van der Waals surface area contributed by atoms with Crippen molar-refractivity contribution in [2.45, 2.75) is 52.0 Å². The first-order chi connectivity index (χ1) is 12.2. The molecule has 1 aromatic heterocycles. The Labute approximate surface area is 156 Å². The summed E-state index contributed by atoms with van der Waals surface area (Å²) in [6.07, 6.45) is 12.0. The van der Waals surface area contributed by atoms with Crippen molar-refractivity contribution in [2.24, 2.45) is 12.0 Å². The Morgan fingerprint density at radius 1 is 1.28 bits per heavy atom. The number of guanidine groups is 1. The van der Waals surface area contributed by atoms with Gasteiger partial charge in [-0.1, -0.05) is 11.6 Å². The molecule has 25 heavy (non-hydrogen) atoms. The number of rotatable bonds is 9. The second kappa shape index (κ2) is 11.2. The van der Waals surface area contributed by atoms with Crippen LogP contribution in [0.15, 0.2) is 16.6 Å². The number of aryl methyl sites for hydroxylation is 1. The zero-order valence-electron chi connectivity index (χ0n) is 15.8. The molecule has 1 aliphatic rings. The van der Waals surface area contributed by atoms with Gasteiger partial charge in [-0.25, -0.2) is 4.99 Å². The number of aromatic nitrogens is 3. The topological polar surface area (TPSA) is 67.1 Å². The standard InChI is InChI=1S/C18H32N6S/c1-15-22-23-17(24(15)2)14-21-18(19-11-7-13-25-3)20-12-10-16-8-5-4-6-9-16/h8H,4-7,9-14H2,1-3H3,(H2,19,20,21). The second-order valence-electron chi connectivity index (χ2n) is 6.45. The number of nitrogens with one attached hydrogen (secondary N) is 2. The lowest BCUT2D eigenvalue weighted by molar-refractivity contribution is 0.663. The molecular formula is C18H32N6S. The lowest BCUT2D eigenvalue weighted by Crippen LogP contribution is -2.38. The molecule has 0 radical (unpaired) electrons. The Bertz CT molecular complexity index is 578. The number of thioether (sulfide) groups is 1. The van der Waals surface area contributed by atoms with E-state index in [2.05, 4.69) is 33.2 Å². The molecule has 7 heteroatoms. The van der Waals surface area contributed by atoms with Crippen LogP contribution in [-0.2, 0) is 13.6 Å². The fourth-order valence-electron chi connectivity index (χ4n) is 2.81. The van der Waals surface area contributed by atoms with Crippen LogP contribution in [0.5, 0.6) is 0 Å². The van der Waals surface area contributed by atoms with E-state index in [4.69, 9.17) is 4.99 Å². The van der Waals surface area contributed by atoms with Crippen molar-refractivity contribution < 1.29 is 0 Å². The molecule has 0 spiro atoms. The molecule has 1 aliphatic carbocycles. The molecule has 0 saturated heterocycles. The first kappa shape index (κ1) is 19.8. The summed E-state index contributed by atoms with van der Waals surface area (Å²) in [6.45, 7) is 4.36. The van der Waals surface area contributed by atoms with Crippen LogP contribution in [0.2, 0.25) is 0 Å². The second-order valence-corrected chi connectivity index (χ2v) is 7.43. The average molecular weight is 365 g/mol. The summed E-state index contributed by atoms with van der Waals surface area (Å²) in [4.78, 5) is 4.69. The van der Waals surface area contributed by atoms with Crippen molar-refractivity contribution in [1.82, 2.24) is 25.4 Å². The van der Waals surface area contributed by atoms with Crippen LogP contribution in [0.4, 0.5) is 0 Å². The Balaban J connectivity index is 1.85. The van der Waals surface area contributed by atoms with Gasteiger partial charge in [0.15, 0.2) is 11.8 Å². The molecule has 0 aromatic carbocycles. The summed E-state index contributed by atoms with van der Waals surface area (Å²) in [7, 11) is 1.98. The summed E-state index contributed by atoms with van der Waals surface area (Å²) in [5.74, 6) is 3.84. The van der Waals surface area contributed by atoms with E-state index in [1.165, 1.54) is 25.7 Å². The maximum absolute atomic E-state index is 4.69. The minimum Gasteiger partial charge on any atom is -0.356 e. The average Bonchev–Trinajstić information content (AvgIpc) is 2.95. The largest absolute Gasteiger partial charge is 0.356 e. The molecule has 140 valence electrons. The van der Waals surface area contributed by atoms with Crippen molar-refractivity contribution in [3.05, 3.63) is 23.3 Å². The van der Waals surface area contributed by atoms with Crippen molar-refractivity contribution in [3.8, 4) is 0 Å². The van der Waals surface area contributed by atoms with Crippen molar-refractivity contribution in [2.75, 3.05) is 25.1 Å². The van der Waals surface area contributed by atoms with Crippen LogP contribution in [0.25, 0.3) is 0 Å². The van der Waals surface area contributed by atoms with Gasteiger partial charge in [-0.05, 0) is 57.5 Å². The molecule has 0 atom stereocenters. The molecule has 1 heterocycles.